The Morgan fingerprint density at radius 2 is 1.76 bits per heavy atom. The summed E-state index contributed by atoms with van der Waals surface area (Å²) >= 11 is 0. The van der Waals surface area contributed by atoms with Crippen LogP contribution in [0.15, 0.2) is 30.3 Å². The molecule has 1 amide bonds. The molecule has 5 nitrogen and oxygen atoms in total. The molecule has 0 saturated carbocycles. The van der Waals surface area contributed by atoms with E-state index in [1.165, 1.54) is 0 Å². The summed E-state index contributed by atoms with van der Waals surface area (Å²) in [5, 5.41) is 2.77. The molecule has 2 atom stereocenters. The summed E-state index contributed by atoms with van der Waals surface area (Å²) in [4.78, 5) is 23.5. The van der Waals surface area contributed by atoms with Crippen molar-refractivity contribution < 1.29 is 14.3 Å². The first-order valence-electron chi connectivity index (χ1n) is 6.70. The van der Waals surface area contributed by atoms with E-state index >= 15 is 0 Å². The number of nitrogens with one attached hydrogen (secondary N) is 1. The van der Waals surface area contributed by atoms with Crippen molar-refractivity contribution in [1.82, 2.24) is 5.32 Å². The highest BCUT2D eigenvalue weighted by Gasteiger charge is 2.21. The number of ether oxygens (including phenoxy) is 1. The van der Waals surface area contributed by atoms with Crippen LogP contribution in [-0.4, -0.2) is 24.0 Å². The summed E-state index contributed by atoms with van der Waals surface area (Å²) in [5.74, 6) is -0.643. The number of carbonyl (C=O) groups is 2. The van der Waals surface area contributed by atoms with Crippen molar-refractivity contribution in [1.29, 1.82) is 0 Å². The maximum atomic E-state index is 11.8. The van der Waals surface area contributed by atoms with Crippen LogP contribution < -0.4 is 11.1 Å². The van der Waals surface area contributed by atoms with Gasteiger partial charge in [0.15, 0.2) is 0 Å². The lowest BCUT2D eigenvalue weighted by Crippen LogP contribution is -2.41. The van der Waals surface area contributed by atoms with Gasteiger partial charge in [0.25, 0.3) is 0 Å². The molecule has 118 valence electrons. The number of hydrogen-bond acceptors (Lipinski definition) is 4. The number of rotatable bonds is 6. The molecular weight excluding hydrogens is 292 g/mol. The summed E-state index contributed by atoms with van der Waals surface area (Å²) in [7, 11) is 0. The zero-order valence-corrected chi connectivity index (χ0v) is 13.4. The van der Waals surface area contributed by atoms with E-state index < -0.39 is 12.1 Å². The predicted octanol–water partition coefficient (Wildman–Crippen LogP) is 1.95. The predicted molar refractivity (Wildman–Crippen MR) is 84.1 cm³/mol. The molecule has 0 heterocycles. The molecule has 0 aliphatic rings. The van der Waals surface area contributed by atoms with Crippen LogP contribution in [0.1, 0.15) is 38.8 Å². The number of carbonyl (C=O) groups excluding carboxylic acids is 2. The van der Waals surface area contributed by atoms with Crippen LogP contribution in [0.2, 0.25) is 0 Å². The van der Waals surface area contributed by atoms with Crippen molar-refractivity contribution in [2.75, 3.05) is 0 Å². The number of hydrogen-bond donors (Lipinski definition) is 2. The zero-order chi connectivity index (χ0) is 15.1. The molecule has 0 saturated heterocycles. The lowest BCUT2D eigenvalue weighted by molar-refractivity contribution is -0.148. The van der Waals surface area contributed by atoms with E-state index in [0.717, 1.165) is 5.56 Å². The lowest BCUT2D eigenvalue weighted by atomic mass is 10.0. The summed E-state index contributed by atoms with van der Waals surface area (Å²) in [5.41, 5.74) is 6.39. The van der Waals surface area contributed by atoms with Crippen molar-refractivity contribution in [3.8, 4) is 0 Å². The summed E-state index contributed by atoms with van der Waals surface area (Å²) in [6, 6.07) is 8.25. The Balaban J connectivity index is 0.00000400. The Morgan fingerprint density at radius 1 is 1.19 bits per heavy atom. The SMILES string of the molecule is CC(C)OC(=O)CC(NC(=O)[C@@H](C)N)c1ccccc1.Cl. The minimum absolute atomic E-state index is 0. The molecule has 0 aliphatic heterocycles. The van der Waals surface area contributed by atoms with Crippen molar-refractivity contribution >= 4 is 24.3 Å². The Labute approximate surface area is 131 Å². The molecule has 1 unspecified atom stereocenters. The van der Waals surface area contributed by atoms with Gasteiger partial charge in [-0.2, -0.15) is 0 Å². The smallest absolute Gasteiger partial charge is 0.308 e. The van der Waals surface area contributed by atoms with Gasteiger partial charge < -0.3 is 15.8 Å². The normalized spacial score (nSPS) is 13.0. The first kappa shape index (κ1) is 19.4. The van der Waals surface area contributed by atoms with Crippen molar-refractivity contribution in [2.24, 2.45) is 5.73 Å². The standard InChI is InChI=1S/C15H22N2O3.ClH/c1-10(2)20-14(18)9-13(17-15(19)11(3)16)12-7-5-4-6-8-12;/h4-8,10-11,13H,9,16H2,1-3H3,(H,17,19);1H/t11-,13?;/m1./s1. The lowest BCUT2D eigenvalue weighted by Gasteiger charge is -2.20. The van der Waals surface area contributed by atoms with Crippen molar-refractivity contribution in [3.05, 3.63) is 35.9 Å². The van der Waals surface area contributed by atoms with Crippen LogP contribution in [0.4, 0.5) is 0 Å². The van der Waals surface area contributed by atoms with Crippen LogP contribution in [0.3, 0.4) is 0 Å². The molecule has 3 N–H and O–H groups in total. The zero-order valence-electron chi connectivity index (χ0n) is 12.5. The quantitative estimate of drug-likeness (QED) is 0.786. The van der Waals surface area contributed by atoms with E-state index in [0.29, 0.717) is 0 Å². The summed E-state index contributed by atoms with van der Waals surface area (Å²) in [6.45, 7) is 5.18. The average molecular weight is 315 g/mol. The Morgan fingerprint density at radius 3 is 2.24 bits per heavy atom. The fraction of sp³-hybridized carbons (Fsp3) is 0.467. The highest BCUT2D eigenvalue weighted by Crippen LogP contribution is 2.17. The molecule has 0 aliphatic carbocycles. The largest absolute Gasteiger partial charge is 0.463 e. The molecule has 1 rings (SSSR count). The minimum atomic E-state index is -0.623. The van der Waals surface area contributed by atoms with E-state index in [9.17, 15) is 9.59 Å². The van der Waals surface area contributed by atoms with Gasteiger partial charge in [-0.1, -0.05) is 30.3 Å². The van der Waals surface area contributed by atoms with Gasteiger partial charge in [-0.05, 0) is 26.3 Å². The van der Waals surface area contributed by atoms with Gasteiger partial charge in [-0.3, -0.25) is 9.59 Å². The van der Waals surface area contributed by atoms with Crippen LogP contribution in [0.5, 0.6) is 0 Å². The third-order valence-corrected chi connectivity index (χ3v) is 2.67. The highest BCUT2D eigenvalue weighted by molar-refractivity contribution is 5.85. The third-order valence-electron chi connectivity index (χ3n) is 2.67. The summed E-state index contributed by atoms with van der Waals surface area (Å²) < 4.78 is 5.12. The molecule has 1 aromatic rings. The van der Waals surface area contributed by atoms with Gasteiger partial charge in [0.1, 0.15) is 0 Å². The minimum Gasteiger partial charge on any atom is -0.463 e. The van der Waals surface area contributed by atoms with Crippen LogP contribution >= 0.6 is 12.4 Å². The van der Waals surface area contributed by atoms with Crippen LogP contribution in [-0.2, 0) is 14.3 Å². The monoisotopic (exact) mass is 314 g/mol. The molecule has 21 heavy (non-hydrogen) atoms. The Hall–Kier alpha value is -1.59. The average Bonchev–Trinajstić information content (AvgIpc) is 2.37. The van der Waals surface area contributed by atoms with E-state index in [4.69, 9.17) is 10.5 Å². The highest BCUT2D eigenvalue weighted by atomic mass is 35.5. The Bertz CT molecular complexity index is 449. The second kappa shape index (κ2) is 9.37. The second-order valence-electron chi connectivity index (χ2n) is 5.00. The van der Waals surface area contributed by atoms with E-state index in [-0.39, 0.29) is 36.8 Å². The number of nitrogens with two attached hydrogens (primary N) is 1. The van der Waals surface area contributed by atoms with Crippen LogP contribution in [0, 0.1) is 0 Å². The maximum Gasteiger partial charge on any atom is 0.308 e. The van der Waals surface area contributed by atoms with E-state index in [1.807, 2.05) is 30.3 Å². The number of benzene rings is 1. The molecule has 6 heteroatoms. The molecule has 0 bridgehead atoms. The second-order valence-corrected chi connectivity index (χ2v) is 5.00. The number of esters is 1. The van der Waals surface area contributed by atoms with Crippen LogP contribution in [0.25, 0.3) is 0 Å². The molecule has 0 aromatic heterocycles. The van der Waals surface area contributed by atoms with Gasteiger partial charge in [-0.25, -0.2) is 0 Å². The van der Waals surface area contributed by atoms with Crippen molar-refractivity contribution in [3.63, 3.8) is 0 Å². The third kappa shape index (κ3) is 7.11. The van der Waals surface area contributed by atoms with Gasteiger partial charge in [0.05, 0.1) is 24.6 Å². The van der Waals surface area contributed by atoms with E-state index in [2.05, 4.69) is 5.32 Å². The summed E-state index contributed by atoms with van der Waals surface area (Å²) in [6.07, 6.45) is -0.0937. The first-order valence-corrected chi connectivity index (χ1v) is 6.70. The molecule has 1 aromatic carbocycles. The fourth-order valence-electron chi connectivity index (χ4n) is 1.72. The topological polar surface area (TPSA) is 81.4 Å². The van der Waals surface area contributed by atoms with Gasteiger partial charge in [-0.15, -0.1) is 12.4 Å². The molecule has 0 radical (unpaired) electrons. The maximum absolute atomic E-state index is 11.8. The van der Waals surface area contributed by atoms with E-state index in [1.54, 1.807) is 20.8 Å². The van der Waals surface area contributed by atoms with Crippen molar-refractivity contribution in [2.45, 2.75) is 45.4 Å². The molecule has 0 fully saturated rings. The van der Waals surface area contributed by atoms with Gasteiger partial charge >= 0.3 is 5.97 Å². The Kier molecular flexibility index (Phi) is 8.66. The van der Waals surface area contributed by atoms with Gasteiger partial charge in [0, 0.05) is 0 Å². The molecule has 0 spiro atoms. The number of amides is 1. The first-order chi connectivity index (χ1) is 9.40. The number of halogens is 1. The molecular formula is C15H23ClN2O3. The van der Waals surface area contributed by atoms with Gasteiger partial charge in [0.2, 0.25) is 5.91 Å². The fourth-order valence-corrected chi connectivity index (χ4v) is 1.72.